The molecule has 2 N–H and O–H groups in total. The number of rotatable bonds is 6. The van der Waals surface area contributed by atoms with Gasteiger partial charge in [-0.15, -0.1) is 0 Å². The van der Waals surface area contributed by atoms with Crippen LogP contribution in [-0.2, 0) is 10.0 Å². The van der Waals surface area contributed by atoms with Gasteiger partial charge in [0.1, 0.15) is 16.5 Å². The summed E-state index contributed by atoms with van der Waals surface area (Å²) < 4.78 is 45.5. The molecule has 112 valence electrons. The average Bonchev–Trinajstić information content (AvgIpc) is 3.08. The number of ether oxygens (including phenoxy) is 1. The molecule has 1 saturated carbocycles. The first kappa shape index (κ1) is 13.9. The van der Waals surface area contributed by atoms with Gasteiger partial charge < -0.3 is 4.74 Å². The van der Waals surface area contributed by atoms with Crippen LogP contribution >= 0.6 is 0 Å². The number of hydrogen-bond acceptors (Lipinski definition) is 4. The third kappa shape index (κ3) is 3.33. The molecule has 0 atom stereocenters. The van der Waals surface area contributed by atoms with E-state index in [0.717, 1.165) is 18.9 Å². The molecule has 1 fully saturated rings. The van der Waals surface area contributed by atoms with Gasteiger partial charge in [0.2, 0.25) is 0 Å². The van der Waals surface area contributed by atoms with E-state index in [2.05, 4.69) is 14.9 Å². The lowest BCUT2D eigenvalue weighted by molar-refractivity contribution is 0.301. The summed E-state index contributed by atoms with van der Waals surface area (Å²) in [6.07, 6.45) is 4.63. The Hall–Kier alpha value is -2.09. The molecule has 0 spiro atoms. The van der Waals surface area contributed by atoms with Gasteiger partial charge in [0.25, 0.3) is 10.0 Å². The predicted molar refractivity (Wildman–Crippen MR) is 74.0 cm³/mol. The molecule has 3 rings (SSSR count). The smallest absolute Gasteiger partial charge is 0.265 e. The van der Waals surface area contributed by atoms with Gasteiger partial charge in [-0.3, -0.25) is 9.82 Å². The Morgan fingerprint density at radius 1 is 1.43 bits per heavy atom. The van der Waals surface area contributed by atoms with Crippen molar-refractivity contribution >= 4 is 15.7 Å². The maximum absolute atomic E-state index is 13.4. The highest BCUT2D eigenvalue weighted by Gasteiger charge is 2.23. The number of benzene rings is 1. The number of sulfonamides is 1. The third-order valence-electron chi connectivity index (χ3n) is 3.14. The lowest BCUT2D eigenvalue weighted by atomic mass is 10.3. The topological polar surface area (TPSA) is 84.1 Å². The minimum atomic E-state index is -3.82. The molecular weight excluding hydrogens is 297 g/mol. The predicted octanol–water partition coefficient (Wildman–Crippen LogP) is 2.14. The second kappa shape index (κ2) is 5.36. The first-order valence-corrected chi connectivity index (χ1v) is 7.97. The van der Waals surface area contributed by atoms with Crippen molar-refractivity contribution in [2.24, 2.45) is 5.92 Å². The molecule has 0 amide bonds. The van der Waals surface area contributed by atoms with Crippen molar-refractivity contribution in [1.29, 1.82) is 0 Å². The van der Waals surface area contributed by atoms with Crippen LogP contribution in [0.3, 0.4) is 0 Å². The Morgan fingerprint density at radius 3 is 2.90 bits per heavy atom. The van der Waals surface area contributed by atoms with Crippen LogP contribution in [0.2, 0.25) is 0 Å². The molecule has 1 aromatic carbocycles. The number of aromatic nitrogens is 2. The van der Waals surface area contributed by atoms with Crippen molar-refractivity contribution < 1.29 is 17.5 Å². The lowest BCUT2D eigenvalue weighted by Gasteiger charge is -2.13. The summed E-state index contributed by atoms with van der Waals surface area (Å²) >= 11 is 0. The Labute approximate surface area is 121 Å². The standard InChI is InChI=1S/C13H14FN3O3S/c14-10-3-4-13(20-8-9-1-2-9)12(5-10)17-21(18,19)11-6-15-16-7-11/h3-7,9,17H,1-2,8H2,(H,15,16). The van der Waals surface area contributed by atoms with Gasteiger partial charge in [-0.1, -0.05) is 0 Å². The van der Waals surface area contributed by atoms with Crippen LogP contribution in [0.5, 0.6) is 5.75 Å². The number of H-pyrrole nitrogens is 1. The van der Waals surface area contributed by atoms with Crippen molar-refractivity contribution in [3.8, 4) is 5.75 Å². The number of hydrogen-bond donors (Lipinski definition) is 2. The van der Waals surface area contributed by atoms with Gasteiger partial charge in [0.05, 0.1) is 18.5 Å². The third-order valence-corrected chi connectivity index (χ3v) is 4.47. The maximum atomic E-state index is 13.4. The second-order valence-corrected chi connectivity index (χ2v) is 6.62. The molecule has 6 nitrogen and oxygen atoms in total. The lowest BCUT2D eigenvalue weighted by Crippen LogP contribution is -2.14. The summed E-state index contributed by atoms with van der Waals surface area (Å²) in [5, 5.41) is 6.01. The minimum Gasteiger partial charge on any atom is -0.491 e. The molecule has 0 unspecified atom stereocenters. The quantitative estimate of drug-likeness (QED) is 0.856. The SMILES string of the molecule is O=S(=O)(Nc1cc(F)ccc1OCC1CC1)c1cn[nH]c1. The fraction of sp³-hybridized carbons (Fsp3) is 0.308. The first-order chi connectivity index (χ1) is 10.0. The summed E-state index contributed by atoms with van der Waals surface area (Å²) in [5.41, 5.74) is 0.0804. The van der Waals surface area contributed by atoms with E-state index < -0.39 is 15.8 Å². The summed E-state index contributed by atoms with van der Waals surface area (Å²) in [6, 6.07) is 3.75. The largest absolute Gasteiger partial charge is 0.491 e. The number of anilines is 1. The summed E-state index contributed by atoms with van der Waals surface area (Å²) in [6.45, 7) is 0.506. The van der Waals surface area contributed by atoms with Gasteiger partial charge in [-0.2, -0.15) is 5.10 Å². The van der Waals surface area contributed by atoms with Gasteiger partial charge in [0.15, 0.2) is 0 Å². The zero-order chi connectivity index (χ0) is 14.9. The average molecular weight is 311 g/mol. The van der Waals surface area contributed by atoms with Gasteiger partial charge >= 0.3 is 0 Å². The Bertz CT molecular complexity index is 727. The van der Waals surface area contributed by atoms with Crippen molar-refractivity contribution in [2.75, 3.05) is 11.3 Å². The fourth-order valence-electron chi connectivity index (χ4n) is 1.79. The first-order valence-electron chi connectivity index (χ1n) is 6.48. The molecule has 21 heavy (non-hydrogen) atoms. The molecule has 0 bridgehead atoms. The minimum absolute atomic E-state index is 0.0279. The van der Waals surface area contributed by atoms with Crippen molar-refractivity contribution in [3.05, 3.63) is 36.4 Å². The van der Waals surface area contributed by atoms with Crippen molar-refractivity contribution in [1.82, 2.24) is 10.2 Å². The van der Waals surface area contributed by atoms with E-state index >= 15 is 0 Å². The Morgan fingerprint density at radius 2 is 2.24 bits per heavy atom. The summed E-state index contributed by atoms with van der Waals surface area (Å²) in [4.78, 5) is -0.0279. The molecule has 1 aliphatic rings. The number of halogens is 1. The molecule has 2 aromatic rings. The fourth-order valence-corrected chi connectivity index (χ4v) is 2.76. The highest BCUT2D eigenvalue weighted by atomic mass is 32.2. The summed E-state index contributed by atoms with van der Waals surface area (Å²) in [7, 11) is -3.82. The van der Waals surface area contributed by atoms with E-state index in [0.29, 0.717) is 18.3 Å². The van der Waals surface area contributed by atoms with Crippen molar-refractivity contribution in [3.63, 3.8) is 0 Å². The van der Waals surface area contributed by atoms with E-state index in [9.17, 15) is 12.8 Å². The Balaban J connectivity index is 1.84. The summed E-state index contributed by atoms with van der Waals surface area (Å²) in [5.74, 6) is 0.280. The highest BCUT2D eigenvalue weighted by Crippen LogP contribution is 2.32. The number of nitrogens with zero attached hydrogens (tertiary/aromatic N) is 1. The molecule has 0 radical (unpaired) electrons. The monoisotopic (exact) mass is 311 g/mol. The Kier molecular flexibility index (Phi) is 3.54. The van der Waals surface area contributed by atoms with E-state index in [4.69, 9.17) is 4.74 Å². The van der Waals surface area contributed by atoms with Gasteiger partial charge in [0, 0.05) is 12.3 Å². The molecule has 1 heterocycles. The second-order valence-electron chi connectivity index (χ2n) is 4.93. The molecular formula is C13H14FN3O3S. The van der Waals surface area contributed by atoms with Crippen LogP contribution in [0.25, 0.3) is 0 Å². The van der Waals surface area contributed by atoms with E-state index in [1.165, 1.54) is 24.5 Å². The van der Waals surface area contributed by atoms with E-state index in [-0.39, 0.29) is 10.6 Å². The van der Waals surface area contributed by atoms with Crippen LogP contribution in [0.15, 0.2) is 35.5 Å². The van der Waals surface area contributed by atoms with Gasteiger partial charge in [-0.25, -0.2) is 12.8 Å². The van der Waals surface area contributed by atoms with Crippen LogP contribution < -0.4 is 9.46 Å². The zero-order valence-electron chi connectivity index (χ0n) is 11.0. The van der Waals surface area contributed by atoms with Crippen molar-refractivity contribution in [2.45, 2.75) is 17.7 Å². The molecule has 0 saturated heterocycles. The van der Waals surface area contributed by atoms with Crippen LogP contribution in [0.4, 0.5) is 10.1 Å². The highest BCUT2D eigenvalue weighted by molar-refractivity contribution is 7.92. The molecule has 1 aromatic heterocycles. The zero-order valence-corrected chi connectivity index (χ0v) is 11.9. The molecule has 8 heteroatoms. The van der Waals surface area contributed by atoms with E-state index in [1.807, 2.05) is 0 Å². The van der Waals surface area contributed by atoms with Crippen LogP contribution in [0, 0.1) is 11.7 Å². The number of aromatic amines is 1. The van der Waals surface area contributed by atoms with E-state index in [1.54, 1.807) is 0 Å². The molecule has 1 aliphatic carbocycles. The van der Waals surface area contributed by atoms with Crippen LogP contribution in [-0.4, -0.2) is 25.2 Å². The van der Waals surface area contributed by atoms with Gasteiger partial charge in [-0.05, 0) is 30.9 Å². The maximum Gasteiger partial charge on any atom is 0.265 e. The molecule has 0 aliphatic heterocycles. The van der Waals surface area contributed by atoms with Crippen LogP contribution in [0.1, 0.15) is 12.8 Å². The number of nitrogens with one attached hydrogen (secondary N) is 2. The normalized spacial score (nSPS) is 14.9.